The highest BCUT2D eigenvalue weighted by molar-refractivity contribution is 7.10. The van der Waals surface area contributed by atoms with Crippen molar-refractivity contribution in [2.24, 2.45) is 0 Å². The van der Waals surface area contributed by atoms with E-state index in [9.17, 15) is 4.79 Å². The first-order valence-electron chi connectivity index (χ1n) is 8.66. The third-order valence-corrected chi connectivity index (χ3v) is 5.65. The summed E-state index contributed by atoms with van der Waals surface area (Å²) in [6.45, 7) is 2.58. The van der Waals surface area contributed by atoms with Crippen molar-refractivity contribution in [3.05, 3.63) is 93.8 Å². The average Bonchev–Trinajstić information content (AvgIpc) is 3.33. The van der Waals surface area contributed by atoms with Crippen molar-refractivity contribution in [3.8, 4) is 0 Å². The number of hydrogen-bond donors (Lipinski definition) is 2. The molecule has 0 spiro atoms. The first-order chi connectivity index (χ1) is 12.7. The molecule has 3 nitrogen and oxygen atoms in total. The number of nitrogens with one attached hydrogen (secondary N) is 2. The zero-order valence-electron chi connectivity index (χ0n) is 14.5. The van der Waals surface area contributed by atoms with Gasteiger partial charge in [0.2, 0.25) is 0 Å². The normalized spacial score (nSPS) is 12.2. The Kier molecular flexibility index (Phi) is 4.59. The number of carbonyl (C=O) groups is 1. The maximum absolute atomic E-state index is 12.5. The Bertz CT molecular complexity index is 1020. The number of aromatic amines is 1. The average molecular weight is 360 g/mol. The second-order valence-electron chi connectivity index (χ2n) is 6.43. The van der Waals surface area contributed by atoms with E-state index in [1.54, 1.807) is 11.3 Å². The van der Waals surface area contributed by atoms with Crippen LogP contribution in [0.5, 0.6) is 0 Å². The maximum Gasteiger partial charge on any atom is 0.251 e. The van der Waals surface area contributed by atoms with E-state index in [4.69, 9.17) is 0 Å². The van der Waals surface area contributed by atoms with Crippen molar-refractivity contribution < 1.29 is 4.79 Å². The van der Waals surface area contributed by atoms with E-state index in [1.807, 2.05) is 37.3 Å². The summed E-state index contributed by atoms with van der Waals surface area (Å²) in [5.74, 6) is 0.0898. The lowest BCUT2D eigenvalue weighted by molar-refractivity contribution is 0.0952. The van der Waals surface area contributed by atoms with Gasteiger partial charge in [-0.25, -0.2) is 0 Å². The molecule has 2 aromatic carbocycles. The Hall–Kier alpha value is -2.85. The molecular weight excluding hydrogens is 340 g/mol. The fraction of sp³-hybridized carbons (Fsp3) is 0.136. The molecule has 26 heavy (non-hydrogen) atoms. The Labute approximate surface area is 156 Å². The van der Waals surface area contributed by atoms with Crippen LogP contribution in [0.2, 0.25) is 0 Å². The number of aromatic nitrogens is 1. The van der Waals surface area contributed by atoms with E-state index < -0.39 is 0 Å². The van der Waals surface area contributed by atoms with Crippen molar-refractivity contribution >= 4 is 28.1 Å². The zero-order valence-corrected chi connectivity index (χ0v) is 15.3. The van der Waals surface area contributed by atoms with Gasteiger partial charge in [0, 0.05) is 40.0 Å². The van der Waals surface area contributed by atoms with Crippen molar-refractivity contribution in [1.82, 2.24) is 10.3 Å². The Balaban J connectivity index is 1.61. The van der Waals surface area contributed by atoms with Crippen molar-refractivity contribution in [2.75, 3.05) is 6.54 Å². The first-order valence-corrected chi connectivity index (χ1v) is 9.54. The molecule has 4 aromatic rings. The SMILES string of the molecule is Cc1ccc(C(=O)NC[C@H](c2cccs2)c2c[nH]c3ccccc23)cc1. The minimum atomic E-state index is -0.0357. The third-order valence-electron chi connectivity index (χ3n) is 4.66. The number of benzene rings is 2. The van der Waals surface area contributed by atoms with Gasteiger partial charge in [-0.3, -0.25) is 4.79 Å². The molecule has 130 valence electrons. The lowest BCUT2D eigenvalue weighted by Gasteiger charge is -2.16. The molecule has 0 aliphatic carbocycles. The smallest absolute Gasteiger partial charge is 0.251 e. The van der Waals surface area contributed by atoms with Crippen LogP contribution in [-0.2, 0) is 0 Å². The minimum absolute atomic E-state index is 0.0357. The van der Waals surface area contributed by atoms with Gasteiger partial charge in [0.25, 0.3) is 5.91 Å². The standard InChI is InChI=1S/C22H20N2OS/c1-15-8-10-16(11-9-15)22(25)24-14-19(21-7-4-12-26-21)18-13-23-20-6-3-2-5-17(18)20/h2-13,19,23H,14H2,1H3,(H,24,25)/t19-/m0/s1. The zero-order chi connectivity index (χ0) is 17.9. The van der Waals surface area contributed by atoms with Crippen molar-refractivity contribution in [3.63, 3.8) is 0 Å². The fourth-order valence-electron chi connectivity index (χ4n) is 3.24. The molecule has 2 N–H and O–H groups in total. The molecule has 4 heteroatoms. The van der Waals surface area contributed by atoms with E-state index in [-0.39, 0.29) is 11.8 Å². The molecule has 0 radical (unpaired) electrons. The van der Waals surface area contributed by atoms with E-state index >= 15 is 0 Å². The van der Waals surface area contributed by atoms with Crippen LogP contribution >= 0.6 is 11.3 Å². The van der Waals surface area contributed by atoms with Crippen LogP contribution in [0.3, 0.4) is 0 Å². The van der Waals surface area contributed by atoms with Gasteiger partial charge in [0.15, 0.2) is 0 Å². The summed E-state index contributed by atoms with van der Waals surface area (Å²) >= 11 is 1.72. The molecule has 0 unspecified atom stereocenters. The third kappa shape index (κ3) is 3.28. The lowest BCUT2D eigenvalue weighted by atomic mass is 9.96. The number of fused-ring (bicyclic) bond motifs is 1. The predicted octanol–water partition coefficient (Wildman–Crippen LogP) is 5.10. The van der Waals surface area contributed by atoms with Crippen LogP contribution in [0.15, 0.2) is 72.2 Å². The van der Waals surface area contributed by atoms with E-state index in [2.05, 4.69) is 52.2 Å². The summed E-state index contributed by atoms with van der Waals surface area (Å²) in [5, 5.41) is 6.40. The van der Waals surface area contributed by atoms with Crippen LogP contribution in [0, 0.1) is 6.92 Å². The predicted molar refractivity (Wildman–Crippen MR) is 108 cm³/mol. The molecule has 1 atom stereocenters. The van der Waals surface area contributed by atoms with Crippen LogP contribution in [0.1, 0.15) is 32.3 Å². The lowest BCUT2D eigenvalue weighted by Crippen LogP contribution is -2.28. The number of hydrogen-bond acceptors (Lipinski definition) is 2. The second kappa shape index (κ2) is 7.18. The highest BCUT2D eigenvalue weighted by Crippen LogP contribution is 2.32. The Morgan fingerprint density at radius 2 is 1.88 bits per heavy atom. The topological polar surface area (TPSA) is 44.9 Å². The highest BCUT2D eigenvalue weighted by Gasteiger charge is 2.20. The van der Waals surface area contributed by atoms with Gasteiger partial charge >= 0.3 is 0 Å². The number of rotatable bonds is 5. The summed E-state index contributed by atoms with van der Waals surface area (Å²) in [4.78, 5) is 17.1. The van der Waals surface area contributed by atoms with Crippen LogP contribution in [0.25, 0.3) is 10.9 Å². The molecule has 0 bridgehead atoms. The van der Waals surface area contributed by atoms with E-state index in [0.29, 0.717) is 12.1 Å². The monoisotopic (exact) mass is 360 g/mol. The molecule has 0 aliphatic rings. The summed E-state index contributed by atoms with van der Waals surface area (Å²) < 4.78 is 0. The molecule has 1 amide bonds. The molecule has 4 rings (SSSR count). The highest BCUT2D eigenvalue weighted by atomic mass is 32.1. The van der Waals surface area contributed by atoms with Crippen LogP contribution in [0.4, 0.5) is 0 Å². The number of aryl methyl sites for hydroxylation is 1. The summed E-state index contributed by atoms with van der Waals surface area (Å²) in [5.41, 5.74) is 4.18. The van der Waals surface area contributed by atoms with E-state index in [1.165, 1.54) is 15.8 Å². The molecule has 2 heterocycles. The van der Waals surface area contributed by atoms with E-state index in [0.717, 1.165) is 11.1 Å². The summed E-state index contributed by atoms with van der Waals surface area (Å²) in [6.07, 6.45) is 2.06. The minimum Gasteiger partial charge on any atom is -0.361 e. The van der Waals surface area contributed by atoms with Gasteiger partial charge in [-0.05, 0) is 42.1 Å². The van der Waals surface area contributed by atoms with Crippen molar-refractivity contribution in [2.45, 2.75) is 12.8 Å². The number of para-hydroxylation sites is 1. The maximum atomic E-state index is 12.5. The number of carbonyl (C=O) groups excluding carboxylic acids is 1. The Morgan fingerprint density at radius 3 is 2.65 bits per heavy atom. The van der Waals surface area contributed by atoms with Gasteiger partial charge in [0.05, 0.1) is 0 Å². The molecule has 0 saturated heterocycles. The van der Waals surface area contributed by atoms with Gasteiger partial charge in [0.1, 0.15) is 0 Å². The molecule has 2 aromatic heterocycles. The molecule has 0 saturated carbocycles. The molecule has 0 fully saturated rings. The number of H-pyrrole nitrogens is 1. The summed E-state index contributed by atoms with van der Waals surface area (Å²) in [7, 11) is 0. The van der Waals surface area contributed by atoms with Crippen LogP contribution in [-0.4, -0.2) is 17.4 Å². The molecular formula is C22H20N2OS. The van der Waals surface area contributed by atoms with Gasteiger partial charge < -0.3 is 10.3 Å². The van der Waals surface area contributed by atoms with Crippen LogP contribution < -0.4 is 5.32 Å². The fourth-order valence-corrected chi connectivity index (χ4v) is 4.08. The Morgan fingerprint density at radius 1 is 1.08 bits per heavy atom. The summed E-state index contributed by atoms with van der Waals surface area (Å²) in [6, 6.07) is 20.2. The largest absolute Gasteiger partial charge is 0.361 e. The number of thiophene rings is 1. The molecule has 0 aliphatic heterocycles. The number of amides is 1. The quantitative estimate of drug-likeness (QED) is 0.511. The second-order valence-corrected chi connectivity index (χ2v) is 7.41. The first kappa shape index (κ1) is 16.6. The van der Waals surface area contributed by atoms with Gasteiger partial charge in [-0.15, -0.1) is 11.3 Å². The van der Waals surface area contributed by atoms with Crippen molar-refractivity contribution in [1.29, 1.82) is 0 Å². The van der Waals surface area contributed by atoms with Gasteiger partial charge in [-0.1, -0.05) is 42.0 Å². The van der Waals surface area contributed by atoms with Gasteiger partial charge in [-0.2, -0.15) is 0 Å².